The molecular weight excluding hydrogens is 422 g/mol. The van der Waals surface area contributed by atoms with E-state index >= 15 is 0 Å². The van der Waals surface area contributed by atoms with Gasteiger partial charge in [-0.05, 0) is 49.1 Å². The number of halogens is 3. The van der Waals surface area contributed by atoms with Crippen LogP contribution in [0.5, 0.6) is 0 Å². The second-order valence-corrected chi connectivity index (χ2v) is 8.29. The van der Waals surface area contributed by atoms with Crippen LogP contribution in [0.2, 0.25) is 5.02 Å². The Morgan fingerprint density at radius 3 is 2.68 bits per heavy atom. The van der Waals surface area contributed by atoms with E-state index in [1.54, 1.807) is 17.6 Å². The molecule has 0 amide bonds. The van der Waals surface area contributed by atoms with Crippen molar-refractivity contribution in [3.8, 4) is 0 Å². The average Bonchev–Trinajstić information content (AvgIpc) is 3.38. The van der Waals surface area contributed by atoms with E-state index in [0.717, 1.165) is 43.6 Å². The highest BCUT2D eigenvalue weighted by Crippen LogP contribution is 2.37. The first kappa shape index (κ1) is 19.3. The predicted molar refractivity (Wildman–Crippen MR) is 114 cm³/mol. The van der Waals surface area contributed by atoms with Crippen LogP contribution >= 0.6 is 34.9 Å². The normalized spacial score (nSPS) is 13.8. The summed E-state index contributed by atoms with van der Waals surface area (Å²) in [5.41, 5.74) is 3.59. The molecule has 146 valence electrons. The minimum Gasteiger partial charge on any atom is -0.370 e. The van der Waals surface area contributed by atoms with Crippen molar-refractivity contribution in [2.45, 2.75) is 17.7 Å². The molecule has 2 aromatic carbocycles. The van der Waals surface area contributed by atoms with E-state index in [-0.39, 0.29) is 5.82 Å². The first-order chi connectivity index (χ1) is 13.6. The maximum atomic E-state index is 14.6. The lowest BCUT2D eigenvalue weighted by Gasteiger charge is -2.22. The van der Waals surface area contributed by atoms with Gasteiger partial charge in [0.2, 0.25) is 0 Å². The smallest absolute Gasteiger partial charge is 0.147 e. The maximum absolute atomic E-state index is 14.6. The standard InChI is InChI=1S/C19H17ClF2N4S2/c20-13-8-18(28-25-19-10-27-11-23-19)14(22)9-16(13)24-15-4-3-12(21)7-17(15)26-5-1-2-6-26/h3-4,7-11,24-25H,1-2,5-6H2. The molecule has 1 aliphatic heterocycles. The molecule has 4 rings (SSSR count). The van der Waals surface area contributed by atoms with Crippen LogP contribution in [-0.2, 0) is 0 Å². The zero-order valence-corrected chi connectivity index (χ0v) is 17.1. The van der Waals surface area contributed by atoms with E-state index in [0.29, 0.717) is 27.1 Å². The van der Waals surface area contributed by atoms with Crippen molar-refractivity contribution >= 4 is 57.8 Å². The lowest BCUT2D eigenvalue weighted by Crippen LogP contribution is -2.19. The first-order valence-corrected chi connectivity index (χ1v) is 10.9. The number of anilines is 4. The minimum atomic E-state index is -0.413. The second-order valence-electron chi connectivity index (χ2n) is 6.32. The topological polar surface area (TPSA) is 40.2 Å². The molecule has 28 heavy (non-hydrogen) atoms. The highest BCUT2D eigenvalue weighted by molar-refractivity contribution is 8.00. The van der Waals surface area contributed by atoms with Gasteiger partial charge in [-0.3, -0.25) is 0 Å². The summed E-state index contributed by atoms with van der Waals surface area (Å²) in [6.07, 6.45) is 2.15. The van der Waals surface area contributed by atoms with E-state index in [4.69, 9.17) is 11.6 Å². The summed E-state index contributed by atoms with van der Waals surface area (Å²) in [5, 5.41) is 5.37. The van der Waals surface area contributed by atoms with Gasteiger partial charge in [-0.1, -0.05) is 11.6 Å². The quantitative estimate of drug-likeness (QED) is 0.428. The number of nitrogens with one attached hydrogen (secondary N) is 2. The minimum absolute atomic E-state index is 0.301. The van der Waals surface area contributed by atoms with Gasteiger partial charge < -0.3 is 14.9 Å². The first-order valence-electron chi connectivity index (χ1n) is 8.72. The molecule has 0 aliphatic carbocycles. The molecule has 2 heterocycles. The van der Waals surface area contributed by atoms with Crippen molar-refractivity contribution < 1.29 is 8.78 Å². The average molecular weight is 439 g/mol. The molecule has 1 saturated heterocycles. The molecule has 0 spiro atoms. The van der Waals surface area contributed by atoms with Crippen LogP contribution in [0, 0.1) is 11.6 Å². The lowest BCUT2D eigenvalue weighted by molar-refractivity contribution is 0.603. The summed E-state index contributed by atoms with van der Waals surface area (Å²) < 4.78 is 31.3. The summed E-state index contributed by atoms with van der Waals surface area (Å²) in [7, 11) is 0. The third kappa shape index (κ3) is 4.34. The van der Waals surface area contributed by atoms with Gasteiger partial charge in [-0.15, -0.1) is 11.3 Å². The highest BCUT2D eigenvalue weighted by Gasteiger charge is 2.18. The van der Waals surface area contributed by atoms with E-state index in [9.17, 15) is 8.78 Å². The Morgan fingerprint density at radius 2 is 1.93 bits per heavy atom. The predicted octanol–water partition coefficient (Wildman–Crippen LogP) is 6.54. The van der Waals surface area contributed by atoms with Crippen molar-refractivity contribution in [3.63, 3.8) is 0 Å². The molecular formula is C19H17ClF2N4S2. The Balaban J connectivity index is 1.56. The number of rotatable bonds is 6. The van der Waals surface area contributed by atoms with Crippen LogP contribution in [0.15, 0.2) is 46.1 Å². The van der Waals surface area contributed by atoms with Crippen molar-refractivity contribution in [1.29, 1.82) is 0 Å². The van der Waals surface area contributed by atoms with Crippen LogP contribution in [0.1, 0.15) is 12.8 Å². The molecule has 0 radical (unpaired) electrons. The fraction of sp³-hybridized carbons (Fsp3) is 0.211. The van der Waals surface area contributed by atoms with Crippen LogP contribution in [0.4, 0.5) is 31.7 Å². The van der Waals surface area contributed by atoms with Gasteiger partial charge in [-0.2, -0.15) is 0 Å². The Morgan fingerprint density at radius 1 is 1.11 bits per heavy atom. The zero-order chi connectivity index (χ0) is 19.5. The molecule has 4 nitrogen and oxygen atoms in total. The molecule has 0 bridgehead atoms. The SMILES string of the molecule is Fc1ccc(Nc2cc(F)c(SNc3cscn3)cc2Cl)c(N2CCCC2)c1. The second kappa shape index (κ2) is 8.55. The molecule has 3 aromatic rings. The van der Waals surface area contributed by atoms with E-state index < -0.39 is 5.82 Å². The third-order valence-corrected chi connectivity index (χ3v) is 6.14. The summed E-state index contributed by atoms with van der Waals surface area (Å²) in [5.74, 6) is -0.0525. The number of nitrogens with zero attached hydrogens (tertiary/aromatic N) is 2. The van der Waals surface area contributed by atoms with Crippen LogP contribution in [0.3, 0.4) is 0 Å². The molecule has 0 atom stereocenters. The van der Waals surface area contributed by atoms with Crippen molar-refractivity contribution in [2.24, 2.45) is 0 Å². The number of aromatic nitrogens is 1. The molecule has 0 saturated carbocycles. The number of benzene rings is 2. The third-order valence-electron chi connectivity index (χ3n) is 4.40. The largest absolute Gasteiger partial charge is 0.370 e. The molecule has 1 fully saturated rings. The van der Waals surface area contributed by atoms with Crippen molar-refractivity contribution in [2.75, 3.05) is 28.0 Å². The monoisotopic (exact) mass is 438 g/mol. The van der Waals surface area contributed by atoms with Gasteiger partial charge in [0.05, 0.1) is 32.5 Å². The summed E-state index contributed by atoms with van der Waals surface area (Å²) in [4.78, 5) is 6.58. The Hall–Kier alpha value is -2.03. The van der Waals surface area contributed by atoms with Crippen LogP contribution in [-0.4, -0.2) is 18.1 Å². The van der Waals surface area contributed by atoms with Crippen molar-refractivity contribution in [3.05, 3.63) is 57.9 Å². The zero-order valence-electron chi connectivity index (χ0n) is 14.7. The Kier molecular flexibility index (Phi) is 5.89. The number of thiazole rings is 1. The highest BCUT2D eigenvalue weighted by atomic mass is 35.5. The van der Waals surface area contributed by atoms with Crippen LogP contribution in [0.25, 0.3) is 0 Å². The van der Waals surface area contributed by atoms with Crippen LogP contribution < -0.4 is 14.9 Å². The lowest BCUT2D eigenvalue weighted by atomic mass is 10.2. The molecule has 2 N–H and O–H groups in total. The van der Waals surface area contributed by atoms with E-state index in [1.165, 1.54) is 29.5 Å². The number of hydrogen-bond donors (Lipinski definition) is 2. The van der Waals surface area contributed by atoms with Gasteiger partial charge in [0, 0.05) is 24.5 Å². The molecule has 1 aromatic heterocycles. The van der Waals surface area contributed by atoms with Gasteiger partial charge in [0.25, 0.3) is 0 Å². The van der Waals surface area contributed by atoms with Gasteiger partial charge in [0.15, 0.2) is 0 Å². The Bertz CT molecular complexity index is 963. The Labute approximate surface area is 175 Å². The van der Waals surface area contributed by atoms with E-state index in [2.05, 4.69) is 19.9 Å². The fourth-order valence-corrected chi connectivity index (χ4v) is 4.54. The van der Waals surface area contributed by atoms with Gasteiger partial charge in [-0.25, -0.2) is 13.8 Å². The fourth-order valence-electron chi connectivity index (χ4n) is 3.05. The molecule has 0 unspecified atom stereocenters. The van der Waals surface area contributed by atoms with E-state index in [1.807, 2.05) is 5.38 Å². The van der Waals surface area contributed by atoms with Gasteiger partial charge >= 0.3 is 0 Å². The molecule has 1 aliphatic rings. The maximum Gasteiger partial charge on any atom is 0.147 e. The summed E-state index contributed by atoms with van der Waals surface area (Å²) in [6, 6.07) is 7.45. The van der Waals surface area contributed by atoms with Gasteiger partial charge in [0.1, 0.15) is 17.5 Å². The number of hydrogen-bond acceptors (Lipinski definition) is 6. The summed E-state index contributed by atoms with van der Waals surface area (Å²) >= 11 is 8.94. The summed E-state index contributed by atoms with van der Waals surface area (Å²) in [6.45, 7) is 1.75. The van der Waals surface area contributed by atoms with Crippen molar-refractivity contribution in [1.82, 2.24) is 4.98 Å². The molecule has 9 heteroatoms.